The normalized spacial score (nSPS) is 29.9. The third kappa shape index (κ3) is 21.7. The molecule has 0 aliphatic carbocycles. The number of likely N-dealkylation sites (N-methyl/N-ethyl adjacent to an activating group) is 1. The molecule has 366 valence electrons. The molecule has 4 unspecified atom stereocenters. The highest BCUT2D eigenvalue weighted by atomic mass is 32.0. The maximum Gasteiger partial charge on any atom is 0.345 e. The second-order valence-corrected chi connectivity index (χ2v) is 25.1. The van der Waals surface area contributed by atoms with Gasteiger partial charge < -0.3 is 52.6 Å². The topological polar surface area (TPSA) is 191 Å². The number of carbonyl (C=O) groups excluding carboxylic acids is 1. The lowest BCUT2D eigenvalue weighted by atomic mass is 10.2. The molecule has 12 atom stereocenters. The van der Waals surface area contributed by atoms with Crippen molar-refractivity contribution in [1.29, 1.82) is 0 Å². The number of rotatable bonds is 17. The Balaban J connectivity index is 0.000000545. The summed E-state index contributed by atoms with van der Waals surface area (Å²) in [5, 5.41) is 3.00. The van der Waals surface area contributed by atoms with Crippen LogP contribution in [-0.2, 0) is 60.5 Å². The van der Waals surface area contributed by atoms with Crippen molar-refractivity contribution in [2.24, 2.45) is 0 Å². The molecule has 4 heterocycles. The van der Waals surface area contributed by atoms with E-state index in [0.717, 1.165) is 13.1 Å². The third-order valence-electron chi connectivity index (χ3n) is 9.68. The van der Waals surface area contributed by atoms with Crippen molar-refractivity contribution in [3.8, 4) is 0 Å². The first-order valence-corrected chi connectivity index (χ1v) is 28.7. The quantitative estimate of drug-likeness (QED) is 0.206. The molecule has 0 bridgehead atoms. The monoisotopic (exact) mass is 986 g/mol. The lowest BCUT2D eigenvalue weighted by Crippen LogP contribution is -2.51. The smallest absolute Gasteiger partial charge is 0.345 e. The number of hydrogen-bond donors (Lipinski definition) is 1. The fourth-order valence-corrected chi connectivity index (χ4v) is 11.5. The van der Waals surface area contributed by atoms with Gasteiger partial charge in [-0.2, -0.15) is 0 Å². The summed E-state index contributed by atoms with van der Waals surface area (Å²) in [5.41, 5.74) is 0. The van der Waals surface area contributed by atoms with E-state index in [1.165, 1.54) is 0 Å². The van der Waals surface area contributed by atoms with Crippen molar-refractivity contribution >= 4 is 46.1 Å². The van der Waals surface area contributed by atoms with Gasteiger partial charge in [-0.1, -0.05) is 4.57 Å². The van der Waals surface area contributed by atoms with Gasteiger partial charge >= 0.3 is 22.8 Å². The zero-order valence-electron chi connectivity index (χ0n) is 39.9. The van der Waals surface area contributed by atoms with Crippen molar-refractivity contribution in [2.45, 2.75) is 82.9 Å². The number of nitrogens with one attached hydrogen (secondary N) is 1. The van der Waals surface area contributed by atoms with Gasteiger partial charge in [-0.15, -0.1) is 0 Å². The average molecular weight is 987 g/mol. The minimum Gasteiger partial charge on any atom is -0.382 e. The van der Waals surface area contributed by atoms with E-state index in [2.05, 4.69) is 26.2 Å². The van der Waals surface area contributed by atoms with Crippen molar-refractivity contribution in [3.63, 3.8) is 0 Å². The molecule has 4 aliphatic heterocycles. The first-order valence-electron chi connectivity index (χ1n) is 21.0. The molecule has 0 spiro atoms. The zero-order chi connectivity index (χ0) is 47.2. The van der Waals surface area contributed by atoms with Crippen molar-refractivity contribution in [2.75, 3.05) is 155 Å². The second-order valence-electron chi connectivity index (χ2n) is 16.3. The summed E-state index contributed by atoms with van der Waals surface area (Å²) < 4.78 is 99.1. The van der Waals surface area contributed by atoms with E-state index < -0.39 is 22.8 Å². The van der Waals surface area contributed by atoms with E-state index in [-0.39, 0.29) is 69.8 Å². The van der Waals surface area contributed by atoms with Gasteiger partial charge in [-0.05, 0) is 70.0 Å². The van der Waals surface area contributed by atoms with Crippen LogP contribution >= 0.6 is 40.2 Å². The van der Waals surface area contributed by atoms with Crippen LogP contribution in [0.25, 0.3) is 0 Å². The number of morpholine rings is 4. The van der Waals surface area contributed by atoms with E-state index in [9.17, 15) is 18.5 Å². The van der Waals surface area contributed by atoms with Crippen molar-refractivity contribution < 1.29 is 60.5 Å². The highest BCUT2D eigenvalue weighted by molar-refractivity contribution is 8.06. The zero-order valence-corrected chi connectivity index (χ0v) is 44.6. The predicted octanol–water partition coefficient (Wildman–Crippen LogP) is 3.90. The van der Waals surface area contributed by atoms with Crippen LogP contribution in [0.5, 0.6) is 0 Å². The Kier molecular flexibility index (Phi) is 30.1. The fraction of sp³-hybridized carbons (Fsp3) is 0.973. The molecule has 0 aromatic carbocycles. The molecule has 1 amide bonds. The van der Waals surface area contributed by atoms with Crippen LogP contribution in [0.2, 0.25) is 0 Å². The molecule has 62 heavy (non-hydrogen) atoms. The molecule has 0 radical (unpaired) electrons. The molecular formula is C37H81N7O13P5+. The fourth-order valence-electron chi connectivity index (χ4n) is 7.37. The van der Waals surface area contributed by atoms with Crippen LogP contribution in [0.4, 0.5) is 0 Å². The minimum absolute atomic E-state index is 0.0251. The molecule has 4 aliphatic rings. The number of nitrogens with zero attached hydrogens (tertiary/aromatic N) is 6. The maximum atomic E-state index is 13.8. The van der Waals surface area contributed by atoms with Crippen LogP contribution < -0.4 is 5.32 Å². The first kappa shape index (κ1) is 60.0. The van der Waals surface area contributed by atoms with Gasteiger partial charge in [-0.3, -0.25) is 18.5 Å². The Labute approximate surface area is 377 Å². The van der Waals surface area contributed by atoms with E-state index in [4.69, 9.17) is 42.0 Å². The van der Waals surface area contributed by atoms with Gasteiger partial charge in [0.15, 0.2) is 8.46 Å². The Bertz CT molecular complexity index is 1390. The molecule has 20 nitrogen and oxygen atoms in total. The molecule has 1 N–H and O–H groups in total. The van der Waals surface area contributed by atoms with Gasteiger partial charge in [0.1, 0.15) is 15.6 Å². The SMILES string of the molecule is CNCCC(=O)N1C[C@@H](COP(=O)(N(C)C)N2C[C@@H](COC)O[C@@H](C)C2)O[C@@H](C)C1.COC[C@@H]1CN(P(=O)(OC[C@@H]2CN(C)C[C@H](C)O2)N(C)C)C[C@H](C)O1.CP=O.C[P+](=O)P. The molecule has 0 aromatic rings. The summed E-state index contributed by atoms with van der Waals surface area (Å²) in [7, 11) is 9.23. The van der Waals surface area contributed by atoms with Gasteiger partial charge in [0.25, 0.3) is 0 Å². The molecule has 0 aromatic heterocycles. The van der Waals surface area contributed by atoms with Crippen molar-refractivity contribution in [1.82, 2.24) is 33.8 Å². The van der Waals surface area contributed by atoms with Gasteiger partial charge in [0.05, 0.1) is 75.3 Å². The van der Waals surface area contributed by atoms with Crippen LogP contribution in [-0.4, -0.2) is 238 Å². The van der Waals surface area contributed by atoms with Crippen LogP contribution in [0.3, 0.4) is 0 Å². The van der Waals surface area contributed by atoms with Gasteiger partial charge in [-0.25, -0.2) is 18.7 Å². The molecule has 4 rings (SSSR count). The Morgan fingerprint density at radius 2 is 1.08 bits per heavy atom. The maximum absolute atomic E-state index is 13.8. The summed E-state index contributed by atoms with van der Waals surface area (Å²) in [5.74, 6) is 0.0877. The second kappa shape index (κ2) is 31.1. The standard InChI is InChI=1S/C19H39N4O6P.C16H34N3O5P.CH5OP2.CH3OP/c1-15-9-22(19(24)7-8-20-3)11-17(28-15)14-27-30(25,21(4)5)23-10-16(2)29-18(12-23)13-26-6;1-13-7-18(5)9-15(23-13)12-22-25(20,17(3)4)19-8-14(2)24-16(10-19)11-21-6;1-4(2)3;1-3-2/h15-18,20H,7-14H2,1-6H3;13-16H,7-12H2,1-6H3;3H2,1H3;1H3/q;;+1;/t15-,16-,17-,18-,30?;13-,14-,15-,16-,25?;;/m00../s1. The average Bonchev–Trinajstić information content (AvgIpc) is 3.17. The lowest BCUT2D eigenvalue weighted by Gasteiger charge is -2.43. The number of carbonyl (C=O) groups is 1. The number of hydrogen-bond acceptors (Lipinski definition) is 15. The highest BCUT2D eigenvalue weighted by Gasteiger charge is 2.43. The number of methoxy groups -OCH3 is 2. The summed E-state index contributed by atoms with van der Waals surface area (Å²) in [6.07, 6.45) is -0.280. The predicted molar refractivity (Wildman–Crippen MR) is 248 cm³/mol. The summed E-state index contributed by atoms with van der Waals surface area (Å²) in [4.78, 5) is 16.5. The molecule has 4 saturated heterocycles. The van der Waals surface area contributed by atoms with Gasteiger partial charge in [0, 0.05) is 86.2 Å². The first-order chi connectivity index (χ1) is 29.1. The Hall–Kier alpha value is -0.000000000000000389. The van der Waals surface area contributed by atoms with Gasteiger partial charge in [0.2, 0.25) is 5.91 Å². The minimum atomic E-state index is -3.27. The van der Waals surface area contributed by atoms with E-state index in [0.29, 0.717) is 72.1 Å². The Morgan fingerprint density at radius 1 is 0.726 bits per heavy atom. The summed E-state index contributed by atoms with van der Waals surface area (Å²) in [6, 6.07) is 0. The van der Waals surface area contributed by atoms with E-state index in [1.807, 2.05) is 49.0 Å². The van der Waals surface area contributed by atoms with E-state index in [1.54, 1.807) is 65.1 Å². The third-order valence-corrected chi connectivity index (χ3v) is 14.8. The van der Waals surface area contributed by atoms with Crippen LogP contribution in [0, 0.1) is 0 Å². The summed E-state index contributed by atoms with van der Waals surface area (Å²) in [6.45, 7) is 17.8. The van der Waals surface area contributed by atoms with E-state index >= 15 is 0 Å². The number of ether oxygens (including phenoxy) is 6. The van der Waals surface area contributed by atoms with Crippen molar-refractivity contribution in [3.05, 3.63) is 0 Å². The highest BCUT2D eigenvalue weighted by Crippen LogP contribution is 2.55. The summed E-state index contributed by atoms with van der Waals surface area (Å²) >= 11 is 0. The molecule has 4 fully saturated rings. The van der Waals surface area contributed by atoms with Crippen LogP contribution in [0.1, 0.15) is 34.1 Å². The molecule has 25 heteroatoms. The Morgan fingerprint density at radius 3 is 1.44 bits per heavy atom. The molecule has 0 saturated carbocycles. The lowest BCUT2D eigenvalue weighted by molar-refractivity contribution is -0.146. The largest absolute Gasteiger partial charge is 0.382 e. The number of amides is 1. The van der Waals surface area contributed by atoms with Crippen LogP contribution in [0.15, 0.2) is 0 Å². The molecular weight excluding hydrogens is 905 g/mol.